The van der Waals surface area contributed by atoms with Crippen LogP contribution in [-0.4, -0.2) is 15.9 Å². The molecule has 2 aromatic carbocycles. The zero-order valence-corrected chi connectivity index (χ0v) is 20.2. The second-order valence-corrected chi connectivity index (χ2v) is 10.0. The molecule has 4 nitrogen and oxygen atoms in total. The SMILES string of the molecule is O=C(NCc1cc2c(Cl)c[nH]c2cc1F)C1CCCC(c2cnc3ccc(Cl)cc3c2)CCC1. The highest BCUT2D eigenvalue weighted by Gasteiger charge is 2.23. The molecule has 176 valence electrons. The first kappa shape index (κ1) is 23.1. The van der Waals surface area contributed by atoms with Crippen molar-refractivity contribution >= 4 is 50.9 Å². The van der Waals surface area contributed by atoms with Crippen molar-refractivity contribution in [1.82, 2.24) is 15.3 Å². The summed E-state index contributed by atoms with van der Waals surface area (Å²) in [5.74, 6) is 0.0428. The van der Waals surface area contributed by atoms with Crippen LogP contribution in [0, 0.1) is 11.7 Å². The molecule has 0 spiro atoms. The van der Waals surface area contributed by atoms with Gasteiger partial charge in [-0.25, -0.2) is 4.39 Å². The Labute approximate surface area is 207 Å². The highest BCUT2D eigenvalue weighted by Crippen LogP contribution is 2.34. The van der Waals surface area contributed by atoms with Crippen LogP contribution in [0.15, 0.2) is 48.8 Å². The Bertz CT molecular complexity index is 1340. The molecule has 1 aliphatic rings. The predicted molar refractivity (Wildman–Crippen MR) is 136 cm³/mol. The number of aromatic nitrogens is 2. The molecular weight excluding hydrogens is 472 g/mol. The van der Waals surface area contributed by atoms with Gasteiger partial charge in [0.25, 0.3) is 0 Å². The summed E-state index contributed by atoms with van der Waals surface area (Å²) in [6, 6.07) is 11.1. The van der Waals surface area contributed by atoms with Gasteiger partial charge in [-0.05, 0) is 73.6 Å². The molecule has 1 fully saturated rings. The number of aromatic amines is 1. The Morgan fingerprint density at radius 2 is 1.88 bits per heavy atom. The van der Waals surface area contributed by atoms with E-state index in [-0.39, 0.29) is 24.2 Å². The van der Waals surface area contributed by atoms with Gasteiger partial charge in [0.2, 0.25) is 5.91 Å². The number of fused-ring (bicyclic) bond motifs is 2. The molecule has 34 heavy (non-hydrogen) atoms. The molecular formula is C27H26Cl2FN3O. The average molecular weight is 498 g/mol. The summed E-state index contributed by atoms with van der Waals surface area (Å²) in [4.78, 5) is 20.4. The quantitative estimate of drug-likeness (QED) is 0.306. The molecule has 1 saturated carbocycles. The molecule has 1 amide bonds. The van der Waals surface area contributed by atoms with Crippen LogP contribution in [0.4, 0.5) is 4.39 Å². The Morgan fingerprint density at radius 3 is 2.68 bits per heavy atom. The lowest BCUT2D eigenvalue weighted by Gasteiger charge is -2.24. The monoisotopic (exact) mass is 497 g/mol. The van der Waals surface area contributed by atoms with Gasteiger partial charge in [-0.15, -0.1) is 0 Å². The molecule has 4 aromatic rings. The van der Waals surface area contributed by atoms with E-state index >= 15 is 0 Å². The second kappa shape index (κ2) is 9.93. The smallest absolute Gasteiger partial charge is 0.223 e. The molecule has 7 heteroatoms. The number of carbonyl (C=O) groups is 1. The number of nitrogens with zero attached hydrogens (tertiary/aromatic N) is 1. The van der Waals surface area contributed by atoms with Gasteiger partial charge in [0.1, 0.15) is 5.82 Å². The van der Waals surface area contributed by atoms with Gasteiger partial charge < -0.3 is 10.3 Å². The van der Waals surface area contributed by atoms with E-state index in [1.165, 1.54) is 11.6 Å². The number of H-pyrrole nitrogens is 1. The molecule has 0 radical (unpaired) electrons. The summed E-state index contributed by atoms with van der Waals surface area (Å²) in [6.45, 7) is 0.159. The third-order valence-electron chi connectivity index (χ3n) is 6.97. The van der Waals surface area contributed by atoms with Gasteiger partial charge in [0, 0.05) is 51.7 Å². The number of halogens is 3. The zero-order chi connectivity index (χ0) is 23.7. The normalized spacial score (nSPS) is 19.1. The summed E-state index contributed by atoms with van der Waals surface area (Å²) in [7, 11) is 0. The largest absolute Gasteiger partial charge is 0.360 e. The number of hydrogen-bond donors (Lipinski definition) is 2. The average Bonchev–Trinajstić information content (AvgIpc) is 3.16. The van der Waals surface area contributed by atoms with Crippen molar-refractivity contribution in [2.75, 3.05) is 0 Å². The Kier molecular flexibility index (Phi) is 6.75. The number of pyridine rings is 1. The van der Waals surface area contributed by atoms with Gasteiger partial charge in [-0.3, -0.25) is 9.78 Å². The highest BCUT2D eigenvalue weighted by molar-refractivity contribution is 6.35. The van der Waals surface area contributed by atoms with Crippen molar-refractivity contribution in [3.63, 3.8) is 0 Å². The molecule has 1 aliphatic carbocycles. The van der Waals surface area contributed by atoms with Gasteiger partial charge in [0.15, 0.2) is 0 Å². The summed E-state index contributed by atoms with van der Waals surface area (Å²) >= 11 is 12.3. The Hall–Kier alpha value is -2.63. The summed E-state index contributed by atoms with van der Waals surface area (Å²) in [5, 5.41) is 6.03. The molecule has 2 heterocycles. The van der Waals surface area contributed by atoms with Gasteiger partial charge in [-0.1, -0.05) is 36.0 Å². The van der Waals surface area contributed by atoms with Crippen molar-refractivity contribution in [3.05, 3.63) is 75.8 Å². The minimum atomic E-state index is -0.350. The van der Waals surface area contributed by atoms with Gasteiger partial charge >= 0.3 is 0 Å². The van der Waals surface area contributed by atoms with E-state index < -0.39 is 0 Å². The fourth-order valence-corrected chi connectivity index (χ4v) is 5.46. The van der Waals surface area contributed by atoms with E-state index in [2.05, 4.69) is 21.4 Å². The summed E-state index contributed by atoms with van der Waals surface area (Å²) in [5.41, 5.74) is 3.28. The number of amides is 1. The first-order valence-corrected chi connectivity index (χ1v) is 12.5. The highest BCUT2D eigenvalue weighted by atomic mass is 35.5. The minimum Gasteiger partial charge on any atom is -0.360 e. The van der Waals surface area contributed by atoms with Crippen molar-refractivity contribution in [3.8, 4) is 0 Å². The van der Waals surface area contributed by atoms with Crippen molar-refractivity contribution < 1.29 is 9.18 Å². The minimum absolute atomic E-state index is 0.000117. The first-order valence-electron chi connectivity index (χ1n) is 11.8. The van der Waals surface area contributed by atoms with E-state index in [0.717, 1.165) is 54.8 Å². The molecule has 0 aliphatic heterocycles. The van der Waals surface area contributed by atoms with E-state index in [9.17, 15) is 9.18 Å². The fourth-order valence-electron chi connectivity index (χ4n) is 5.06. The lowest BCUT2D eigenvalue weighted by Crippen LogP contribution is -2.31. The molecule has 2 aromatic heterocycles. The van der Waals surface area contributed by atoms with Crippen LogP contribution in [0.25, 0.3) is 21.8 Å². The van der Waals surface area contributed by atoms with E-state index in [0.29, 0.717) is 27.0 Å². The maximum absolute atomic E-state index is 14.4. The predicted octanol–water partition coefficient (Wildman–Crippen LogP) is 7.53. The van der Waals surface area contributed by atoms with Crippen LogP contribution in [-0.2, 0) is 11.3 Å². The van der Waals surface area contributed by atoms with E-state index in [1.807, 2.05) is 24.4 Å². The number of rotatable bonds is 4. The number of nitrogens with one attached hydrogen (secondary N) is 2. The Balaban J connectivity index is 1.19. The molecule has 2 N–H and O–H groups in total. The lowest BCUT2D eigenvalue weighted by molar-refractivity contribution is -0.125. The van der Waals surface area contributed by atoms with E-state index in [4.69, 9.17) is 23.2 Å². The summed E-state index contributed by atoms with van der Waals surface area (Å²) < 4.78 is 14.4. The maximum Gasteiger partial charge on any atom is 0.223 e. The van der Waals surface area contributed by atoms with Crippen molar-refractivity contribution in [1.29, 1.82) is 0 Å². The van der Waals surface area contributed by atoms with Crippen molar-refractivity contribution in [2.45, 2.75) is 51.0 Å². The van der Waals surface area contributed by atoms with Crippen LogP contribution in [0.1, 0.15) is 55.6 Å². The molecule has 0 saturated heterocycles. The van der Waals surface area contributed by atoms with Gasteiger partial charge in [0.05, 0.1) is 10.5 Å². The molecule has 0 atom stereocenters. The standard InChI is InChI=1S/C27H26Cl2FN3O/c28-21-7-8-25-18(10-21)9-19(13-31-25)16-3-1-5-17(6-2-4-16)27(34)33-14-20-11-22-23(29)15-32-26(22)12-24(20)30/h7-13,15-17,32H,1-6,14H2,(H,33,34). The molecule has 5 rings (SSSR count). The zero-order valence-electron chi connectivity index (χ0n) is 18.7. The van der Waals surface area contributed by atoms with Crippen molar-refractivity contribution in [2.24, 2.45) is 5.92 Å². The van der Waals surface area contributed by atoms with E-state index in [1.54, 1.807) is 12.3 Å². The summed E-state index contributed by atoms with van der Waals surface area (Å²) in [6.07, 6.45) is 9.27. The van der Waals surface area contributed by atoms with Crippen LogP contribution in [0.3, 0.4) is 0 Å². The van der Waals surface area contributed by atoms with Crippen LogP contribution in [0.5, 0.6) is 0 Å². The van der Waals surface area contributed by atoms with Gasteiger partial charge in [-0.2, -0.15) is 0 Å². The van der Waals surface area contributed by atoms with Crippen LogP contribution in [0.2, 0.25) is 10.0 Å². The third-order valence-corrected chi connectivity index (χ3v) is 7.52. The number of carbonyl (C=O) groups excluding carboxylic acids is 1. The Morgan fingerprint density at radius 1 is 1.09 bits per heavy atom. The first-order chi connectivity index (χ1) is 16.5. The lowest BCUT2D eigenvalue weighted by atomic mass is 9.82. The number of hydrogen-bond acceptors (Lipinski definition) is 2. The molecule has 0 bridgehead atoms. The maximum atomic E-state index is 14.4. The topological polar surface area (TPSA) is 57.8 Å². The van der Waals surface area contributed by atoms with Crippen LogP contribution < -0.4 is 5.32 Å². The fraction of sp³-hybridized carbons (Fsp3) is 0.333. The number of benzene rings is 2. The molecule has 0 unspecified atom stereocenters. The second-order valence-electron chi connectivity index (χ2n) is 9.20. The third kappa shape index (κ3) is 4.91. The van der Waals surface area contributed by atoms with Crippen LogP contribution >= 0.6 is 23.2 Å².